The van der Waals surface area contributed by atoms with Gasteiger partial charge in [0.15, 0.2) is 0 Å². The van der Waals surface area contributed by atoms with Crippen LogP contribution < -0.4 is 0 Å². The lowest BCUT2D eigenvalue weighted by Crippen LogP contribution is -2.48. The van der Waals surface area contributed by atoms with Crippen LogP contribution in [0.3, 0.4) is 0 Å². The number of sulfonamides is 1. The quantitative estimate of drug-likeness (QED) is 0.780. The van der Waals surface area contributed by atoms with Gasteiger partial charge >= 0.3 is 0 Å². The molecular weight excluding hydrogens is 234 g/mol. The van der Waals surface area contributed by atoms with Gasteiger partial charge in [0.05, 0.1) is 6.26 Å². The van der Waals surface area contributed by atoms with E-state index >= 15 is 0 Å². The van der Waals surface area contributed by atoms with Gasteiger partial charge in [-0.05, 0) is 36.0 Å². The smallest absolute Gasteiger partial charge is 0.211 e. The lowest BCUT2D eigenvalue weighted by atomic mass is 9.67. The summed E-state index contributed by atoms with van der Waals surface area (Å²) in [5, 5.41) is 0. The highest BCUT2D eigenvalue weighted by Gasteiger charge is 2.49. The number of nitrogens with zero attached hydrogens (tertiary/aromatic N) is 1. The molecule has 1 aliphatic heterocycles. The molecule has 2 rings (SSSR count). The van der Waals surface area contributed by atoms with Gasteiger partial charge in [-0.3, -0.25) is 0 Å². The van der Waals surface area contributed by atoms with Crippen molar-refractivity contribution in [2.45, 2.75) is 40.0 Å². The summed E-state index contributed by atoms with van der Waals surface area (Å²) in [5.41, 5.74) is 0.357. The van der Waals surface area contributed by atoms with Crippen molar-refractivity contribution in [3.8, 4) is 0 Å². The molecule has 4 heteroatoms. The molecule has 0 spiro atoms. The Hall–Kier alpha value is -0.0900. The van der Waals surface area contributed by atoms with Crippen molar-refractivity contribution in [2.24, 2.45) is 23.2 Å². The Labute approximate surface area is 106 Å². The molecule has 2 aliphatic rings. The number of fused-ring (bicyclic) bond motifs is 2. The Morgan fingerprint density at radius 2 is 1.65 bits per heavy atom. The van der Waals surface area contributed by atoms with Crippen LogP contribution in [0.4, 0.5) is 0 Å². The molecule has 2 bridgehead atoms. The summed E-state index contributed by atoms with van der Waals surface area (Å²) in [6.45, 7) is 8.45. The Kier molecular flexibility index (Phi) is 3.32. The van der Waals surface area contributed by atoms with Crippen molar-refractivity contribution in [1.82, 2.24) is 4.31 Å². The summed E-state index contributed by atoms with van der Waals surface area (Å²) >= 11 is 0. The summed E-state index contributed by atoms with van der Waals surface area (Å²) in [7, 11) is -2.99. The molecule has 0 aromatic carbocycles. The highest BCUT2D eigenvalue weighted by atomic mass is 32.2. The highest BCUT2D eigenvalue weighted by molar-refractivity contribution is 7.88. The second-order valence-corrected chi connectivity index (χ2v) is 8.53. The molecule has 0 amide bonds. The normalized spacial score (nSPS) is 35.2. The fourth-order valence-electron chi connectivity index (χ4n) is 3.96. The fraction of sp³-hybridized carbons (Fsp3) is 1.00. The average Bonchev–Trinajstić information content (AvgIpc) is 2.49. The second kappa shape index (κ2) is 4.23. The van der Waals surface area contributed by atoms with Gasteiger partial charge in [-0.2, -0.15) is 0 Å². The van der Waals surface area contributed by atoms with Crippen LogP contribution in [0.1, 0.15) is 40.0 Å². The van der Waals surface area contributed by atoms with Crippen LogP contribution in [-0.2, 0) is 10.0 Å². The first-order valence-corrected chi connectivity index (χ1v) is 8.55. The van der Waals surface area contributed by atoms with Crippen LogP contribution in [0, 0.1) is 23.2 Å². The molecular formula is C13H25NO2S. The Balaban J connectivity index is 2.19. The zero-order chi connectivity index (χ0) is 12.8. The van der Waals surface area contributed by atoms with Crippen LogP contribution in [0.25, 0.3) is 0 Å². The summed E-state index contributed by atoms with van der Waals surface area (Å²) in [4.78, 5) is 0. The molecule has 2 fully saturated rings. The molecule has 0 aromatic rings. The standard InChI is InChI=1S/C13H25NO2S/c1-5-13(2,3)12-10-6-7-11(12)9-14(8-10)17(4,15)16/h10-12H,5-9H2,1-4H3. The van der Waals surface area contributed by atoms with Gasteiger partial charge in [0.2, 0.25) is 10.0 Å². The number of hydrogen-bond acceptors (Lipinski definition) is 2. The third kappa shape index (κ3) is 2.39. The predicted molar refractivity (Wildman–Crippen MR) is 70.2 cm³/mol. The van der Waals surface area contributed by atoms with E-state index in [-0.39, 0.29) is 0 Å². The maximum Gasteiger partial charge on any atom is 0.211 e. The minimum Gasteiger partial charge on any atom is -0.213 e. The van der Waals surface area contributed by atoms with Gasteiger partial charge in [-0.25, -0.2) is 12.7 Å². The third-order valence-corrected chi connectivity index (χ3v) is 6.32. The largest absolute Gasteiger partial charge is 0.213 e. The molecule has 2 unspecified atom stereocenters. The molecule has 1 saturated carbocycles. The van der Waals surface area contributed by atoms with Gasteiger partial charge in [-0.15, -0.1) is 0 Å². The van der Waals surface area contributed by atoms with Crippen LogP contribution in [0.5, 0.6) is 0 Å². The highest BCUT2D eigenvalue weighted by Crippen LogP contribution is 2.52. The maximum absolute atomic E-state index is 11.7. The van der Waals surface area contributed by atoms with Crippen molar-refractivity contribution in [3.63, 3.8) is 0 Å². The molecule has 17 heavy (non-hydrogen) atoms. The maximum atomic E-state index is 11.7. The first-order chi connectivity index (χ1) is 7.75. The van der Waals surface area contributed by atoms with E-state index in [4.69, 9.17) is 0 Å². The first kappa shape index (κ1) is 13.3. The van der Waals surface area contributed by atoms with E-state index in [0.29, 0.717) is 23.2 Å². The minimum atomic E-state index is -2.99. The number of rotatable bonds is 3. The van der Waals surface area contributed by atoms with Crippen molar-refractivity contribution in [1.29, 1.82) is 0 Å². The van der Waals surface area contributed by atoms with Crippen molar-refractivity contribution >= 4 is 10.0 Å². The van der Waals surface area contributed by atoms with Crippen LogP contribution >= 0.6 is 0 Å². The molecule has 2 atom stereocenters. The topological polar surface area (TPSA) is 37.4 Å². The van der Waals surface area contributed by atoms with Gasteiger partial charge in [0.25, 0.3) is 0 Å². The SMILES string of the molecule is CCC(C)(C)C1C2CCC1CN(S(C)(=O)=O)C2. The van der Waals surface area contributed by atoms with Crippen molar-refractivity contribution < 1.29 is 8.42 Å². The fourth-order valence-corrected chi connectivity index (χ4v) is 4.89. The number of hydrogen-bond donors (Lipinski definition) is 0. The van der Waals surface area contributed by atoms with Gasteiger partial charge in [0, 0.05) is 13.1 Å². The lowest BCUT2D eigenvalue weighted by Gasteiger charge is -2.44. The van der Waals surface area contributed by atoms with Crippen LogP contribution in [0.15, 0.2) is 0 Å². The average molecular weight is 259 g/mol. The van der Waals surface area contributed by atoms with E-state index in [0.717, 1.165) is 13.1 Å². The van der Waals surface area contributed by atoms with Crippen molar-refractivity contribution in [2.75, 3.05) is 19.3 Å². The summed E-state index contributed by atoms with van der Waals surface area (Å²) < 4.78 is 25.0. The zero-order valence-corrected chi connectivity index (χ0v) is 12.3. The molecule has 1 aliphatic carbocycles. The molecule has 1 saturated heterocycles. The van der Waals surface area contributed by atoms with E-state index in [1.54, 1.807) is 4.31 Å². The molecule has 0 N–H and O–H groups in total. The molecule has 1 heterocycles. The minimum absolute atomic E-state index is 0.357. The molecule has 0 radical (unpaired) electrons. The summed E-state index contributed by atoms with van der Waals surface area (Å²) in [6, 6.07) is 0. The van der Waals surface area contributed by atoms with Crippen molar-refractivity contribution in [3.05, 3.63) is 0 Å². The van der Waals surface area contributed by atoms with E-state index in [9.17, 15) is 8.42 Å². The van der Waals surface area contributed by atoms with Gasteiger partial charge in [-0.1, -0.05) is 27.2 Å². The Morgan fingerprint density at radius 3 is 2.00 bits per heavy atom. The van der Waals surface area contributed by atoms with Crippen LogP contribution in [-0.4, -0.2) is 32.1 Å². The van der Waals surface area contributed by atoms with E-state index in [1.807, 2.05) is 0 Å². The summed E-state index contributed by atoms with van der Waals surface area (Å²) in [5.74, 6) is 1.88. The molecule has 3 nitrogen and oxygen atoms in total. The van der Waals surface area contributed by atoms with Crippen LogP contribution in [0.2, 0.25) is 0 Å². The van der Waals surface area contributed by atoms with E-state index < -0.39 is 10.0 Å². The zero-order valence-electron chi connectivity index (χ0n) is 11.4. The molecule has 0 aromatic heterocycles. The van der Waals surface area contributed by atoms with Gasteiger partial charge in [0.1, 0.15) is 0 Å². The third-order valence-electron chi connectivity index (χ3n) is 5.08. The second-order valence-electron chi connectivity index (χ2n) is 6.55. The Morgan fingerprint density at radius 1 is 1.18 bits per heavy atom. The molecule has 100 valence electrons. The van der Waals surface area contributed by atoms with Gasteiger partial charge < -0.3 is 0 Å². The number of piperidine rings is 1. The monoisotopic (exact) mass is 259 g/mol. The Bertz CT molecular complexity index is 374. The van der Waals surface area contributed by atoms with E-state index in [1.165, 1.54) is 25.5 Å². The summed E-state index contributed by atoms with van der Waals surface area (Å²) in [6.07, 6.45) is 4.96. The lowest BCUT2D eigenvalue weighted by molar-refractivity contribution is 0.0596. The first-order valence-electron chi connectivity index (χ1n) is 6.71. The van der Waals surface area contributed by atoms with E-state index in [2.05, 4.69) is 20.8 Å². The predicted octanol–water partition coefficient (Wildman–Crippen LogP) is 2.34.